The minimum Gasteiger partial charge on any atom is -0.388 e. The number of aliphatic hydroxyl groups is 1. The van der Waals surface area contributed by atoms with E-state index < -0.39 is 5.60 Å². The second-order valence-electron chi connectivity index (χ2n) is 8.22. The lowest BCUT2D eigenvalue weighted by Crippen LogP contribution is -2.49. The summed E-state index contributed by atoms with van der Waals surface area (Å²) >= 11 is 0. The first-order valence-electron chi connectivity index (χ1n) is 9.01. The standard InChI is InChI=1S/C20H25NO2/c1-19-8-6-16-15-5-3-14(22)12-13(15)2-4-17(16)18(19)7-9-20(19,23)10-11-21/h2,17-18,23H,3-10,12H2,1H3/t17-,18+,19+,20-/m1/s1. The lowest BCUT2D eigenvalue weighted by molar-refractivity contribution is -0.118. The fraction of sp³-hybridized carbons (Fsp3) is 0.700. The number of hydrogen-bond donors (Lipinski definition) is 1. The zero-order chi connectivity index (χ0) is 16.2. The SMILES string of the molecule is C[C@]12CCC3=C4CCC(=O)CC4=CC[C@H]3[C@@H]1CC[C@@]2(O)CC#N. The van der Waals surface area contributed by atoms with Crippen LogP contribution >= 0.6 is 0 Å². The zero-order valence-corrected chi connectivity index (χ0v) is 13.9. The third-order valence-corrected chi connectivity index (χ3v) is 7.40. The maximum Gasteiger partial charge on any atom is 0.137 e. The highest BCUT2D eigenvalue weighted by atomic mass is 16.3. The van der Waals surface area contributed by atoms with E-state index in [1.165, 1.54) is 11.1 Å². The predicted octanol–water partition coefficient (Wildman–Crippen LogP) is 3.84. The molecule has 0 saturated heterocycles. The van der Waals surface area contributed by atoms with Gasteiger partial charge >= 0.3 is 0 Å². The smallest absolute Gasteiger partial charge is 0.137 e. The van der Waals surface area contributed by atoms with Crippen LogP contribution in [0.15, 0.2) is 22.8 Å². The van der Waals surface area contributed by atoms with Gasteiger partial charge in [0.1, 0.15) is 5.78 Å². The van der Waals surface area contributed by atoms with E-state index in [1.807, 2.05) is 0 Å². The number of Topliss-reactive ketones (excluding diaryl/α,β-unsaturated/α-hetero) is 1. The highest BCUT2D eigenvalue weighted by Crippen LogP contribution is 2.63. The first-order valence-corrected chi connectivity index (χ1v) is 9.01. The third kappa shape index (κ3) is 2.01. The van der Waals surface area contributed by atoms with Crippen molar-refractivity contribution in [1.29, 1.82) is 5.26 Å². The van der Waals surface area contributed by atoms with Crippen LogP contribution in [0.1, 0.15) is 64.7 Å². The van der Waals surface area contributed by atoms with Crippen LogP contribution in [0.3, 0.4) is 0 Å². The average molecular weight is 311 g/mol. The van der Waals surface area contributed by atoms with E-state index in [2.05, 4.69) is 19.1 Å². The molecular formula is C20H25NO2. The second-order valence-corrected chi connectivity index (χ2v) is 8.22. The third-order valence-electron chi connectivity index (χ3n) is 7.40. The molecule has 0 amide bonds. The molecule has 1 N–H and O–H groups in total. The molecule has 4 aliphatic rings. The molecule has 0 aromatic heterocycles. The molecule has 3 fully saturated rings. The lowest BCUT2D eigenvalue weighted by atomic mass is 9.55. The van der Waals surface area contributed by atoms with Crippen LogP contribution in [0.5, 0.6) is 0 Å². The van der Waals surface area contributed by atoms with E-state index in [1.54, 1.807) is 5.57 Å². The summed E-state index contributed by atoms with van der Waals surface area (Å²) in [6, 6.07) is 2.22. The van der Waals surface area contributed by atoms with Crippen LogP contribution in [0, 0.1) is 28.6 Å². The van der Waals surface area contributed by atoms with E-state index in [-0.39, 0.29) is 11.8 Å². The average Bonchev–Trinajstić information content (AvgIpc) is 2.79. The van der Waals surface area contributed by atoms with Gasteiger partial charge in [0.05, 0.1) is 18.1 Å². The Morgan fingerprint density at radius 1 is 1.35 bits per heavy atom. The Bertz CT molecular complexity index is 668. The summed E-state index contributed by atoms with van der Waals surface area (Å²) in [6.07, 6.45) is 9.62. The quantitative estimate of drug-likeness (QED) is 0.800. The van der Waals surface area contributed by atoms with E-state index in [4.69, 9.17) is 5.26 Å². The van der Waals surface area contributed by atoms with Gasteiger partial charge in [-0.3, -0.25) is 4.79 Å². The van der Waals surface area contributed by atoms with Gasteiger partial charge in [-0.2, -0.15) is 5.26 Å². The molecule has 4 aliphatic carbocycles. The summed E-state index contributed by atoms with van der Waals surface area (Å²) < 4.78 is 0. The Hall–Kier alpha value is -1.40. The first-order chi connectivity index (χ1) is 11.0. The van der Waals surface area contributed by atoms with Crippen LogP contribution in [0.25, 0.3) is 0 Å². The molecule has 3 saturated carbocycles. The van der Waals surface area contributed by atoms with Crippen molar-refractivity contribution in [3.05, 3.63) is 22.8 Å². The molecule has 0 radical (unpaired) electrons. The van der Waals surface area contributed by atoms with Crippen molar-refractivity contribution in [3.63, 3.8) is 0 Å². The minimum absolute atomic E-state index is 0.132. The molecule has 122 valence electrons. The largest absolute Gasteiger partial charge is 0.388 e. The number of allylic oxidation sites excluding steroid dienone is 4. The van der Waals surface area contributed by atoms with Crippen molar-refractivity contribution in [1.82, 2.24) is 0 Å². The zero-order valence-electron chi connectivity index (χ0n) is 13.9. The van der Waals surface area contributed by atoms with Crippen molar-refractivity contribution in [2.24, 2.45) is 17.3 Å². The summed E-state index contributed by atoms with van der Waals surface area (Å²) in [7, 11) is 0. The maximum atomic E-state index is 11.7. The van der Waals surface area contributed by atoms with Gasteiger partial charge in [0.25, 0.3) is 0 Å². The molecule has 0 spiro atoms. The van der Waals surface area contributed by atoms with E-state index in [9.17, 15) is 9.90 Å². The Kier molecular flexibility index (Phi) is 3.32. The summed E-state index contributed by atoms with van der Waals surface area (Å²) in [5, 5.41) is 20.3. The van der Waals surface area contributed by atoms with Gasteiger partial charge < -0.3 is 5.11 Å². The Morgan fingerprint density at radius 3 is 2.96 bits per heavy atom. The van der Waals surface area contributed by atoms with Gasteiger partial charge in [0.2, 0.25) is 0 Å². The molecular weight excluding hydrogens is 286 g/mol. The number of nitrogens with zero attached hydrogens (tertiary/aromatic N) is 1. The molecule has 0 heterocycles. The van der Waals surface area contributed by atoms with Crippen molar-refractivity contribution in [2.75, 3.05) is 0 Å². The number of carbonyl (C=O) groups excluding carboxylic acids is 1. The van der Waals surface area contributed by atoms with E-state index >= 15 is 0 Å². The lowest BCUT2D eigenvalue weighted by Gasteiger charge is -2.51. The molecule has 23 heavy (non-hydrogen) atoms. The van der Waals surface area contributed by atoms with Crippen molar-refractivity contribution in [2.45, 2.75) is 70.3 Å². The maximum absolute atomic E-state index is 11.7. The first kappa shape index (κ1) is 15.1. The molecule has 4 rings (SSSR count). The van der Waals surface area contributed by atoms with Gasteiger partial charge in [0, 0.05) is 18.3 Å². The van der Waals surface area contributed by atoms with Crippen LogP contribution in [0.4, 0.5) is 0 Å². The fourth-order valence-electron chi connectivity index (χ4n) is 6.00. The molecule has 3 nitrogen and oxygen atoms in total. The molecule has 0 aromatic carbocycles. The normalized spacial score (nSPS) is 42.5. The van der Waals surface area contributed by atoms with Crippen molar-refractivity contribution in [3.8, 4) is 6.07 Å². The van der Waals surface area contributed by atoms with Crippen molar-refractivity contribution < 1.29 is 9.90 Å². The number of rotatable bonds is 1. The monoisotopic (exact) mass is 311 g/mol. The predicted molar refractivity (Wildman–Crippen MR) is 87.3 cm³/mol. The van der Waals surface area contributed by atoms with Crippen LogP contribution < -0.4 is 0 Å². The number of carbonyl (C=O) groups is 1. The Balaban J connectivity index is 1.69. The van der Waals surface area contributed by atoms with Crippen LogP contribution in [0.2, 0.25) is 0 Å². The van der Waals surface area contributed by atoms with E-state index in [0.717, 1.165) is 38.5 Å². The van der Waals surface area contributed by atoms with E-state index in [0.29, 0.717) is 30.5 Å². The molecule has 0 unspecified atom stereocenters. The summed E-state index contributed by atoms with van der Waals surface area (Å²) in [5.41, 5.74) is 3.40. The molecule has 0 aromatic rings. The molecule has 0 bridgehead atoms. The van der Waals surface area contributed by atoms with Gasteiger partial charge in [-0.15, -0.1) is 0 Å². The van der Waals surface area contributed by atoms with Gasteiger partial charge in [0.15, 0.2) is 0 Å². The number of ketones is 1. The number of fused-ring (bicyclic) bond motifs is 4. The minimum atomic E-state index is -0.810. The Labute approximate surface area is 138 Å². The number of nitriles is 1. The van der Waals surface area contributed by atoms with Gasteiger partial charge in [-0.1, -0.05) is 18.6 Å². The fourth-order valence-corrected chi connectivity index (χ4v) is 6.00. The van der Waals surface area contributed by atoms with Crippen LogP contribution in [-0.2, 0) is 4.79 Å². The topological polar surface area (TPSA) is 61.1 Å². The second kappa shape index (κ2) is 5.05. The van der Waals surface area contributed by atoms with Crippen LogP contribution in [-0.4, -0.2) is 16.5 Å². The Morgan fingerprint density at radius 2 is 2.17 bits per heavy atom. The summed E-state index contributed by atoms with van der Waals surface area (Å²) in [4.78, 5) is 11.7. The molecule has 4 atom stereocenters. The molecule has 3 heteroatoms. The summed E-state index contributed by atoms with van der Waals surface area (Å²) in [6.45, 7) is 2.22. The summed E-state index contributed by atoms with van der Waals surface area (Å²) in [5.74, 6) is 1.38. The van der Waals surface area contributed by atoms with Gasteiger partial charge in [-0.05, 0) is 61.5 Å². The highest BCUT2D eigenvalue weighted by Gasteiger charge is 2.60. The molecule has 0 aliphatic heterocycles. The number of hydrogen-bond acceptors (Lipinski definition) is 3. The highest BCUT2D eigenvalue weighted by molar-refractivity contribution is 5.84. The van der Waals surface area contributed by atoms with Crippen molar-refractivity contribution >= 4 is 5.78 Å². The van der Waals surface area contributed by atoms with Gasteiger partial charge in [-0.25, -0.2) is 0 Å².